The average molecular weight is 382 g/mol. The van der Waals surface area contributed by atoms with Gasteiger partial charge in [0.15, 0.2) is 11.4 Å². The van der Waals surface area contributed by atoms with Gasteiger partial charge in [0, 0.05) is 30.4 Å². The fraction of sp³-hybridized carbons (Fsp3) is 0.529. The molecule has 0 amide bonds. The molecule has 2 aliphatic heterocycles. The first kappa shape index (κ1) is 16.6. The number of hydrogen-bond acceptors (Lipinski definition) is 5. The molecule has 2 aliphatic rings. The molecule has 124 valence electrons. The molecule has 1 spiro atoms. The molecule has 1 unspecified atom stereocenters. The quantitative estimate of drug-likeness (QED) is 0.582. The highest BCUT2D eigenvalue weighted by molar-refractivity contribution is 9.10. The van der Waals surface area contributed by atoms with Crippen LogP contribution in [0.5, 0.6) is 0 Å². The lowest BCUT2D eigenvalue weighted by Crippen LogP contribution is -2.48. The van der Waals surface area contributed by atoms with Gasteiger partial charge in [-0.05, 0) is 36.6 Å². The van der Waals surface area contributed by atoms with Crippen LogP contribution < -0.4 is 0 Å². The van der Waals surface area contributed by atoms with Crippen molar-refractivity contribution in [3.05, 3.63) is 33.3 Å². The second-order valence-electron chi connectivity index (χ2n) is 6.23. The number of piperidine rings is 1. The highest BCUT2D eigenvalue weighted by Crippen LogP contribution is 2.43. The summed E-state index contributed by atoms with van der Waals surface area (Å²) in [5.41, 5.74) is 1.65. The highest BCUT2D eigenvalue weighted by atomic mass is 79.9. The second-order valence-corrected chi connectivity index (χ2v) is 7.08. The van der Waals surface area contributed by atoms with Gasteiger partial charge in [-0.1, -0.05) is 22.0 Å². The van der Waals surface area contributed by atoms with Crippen LogP contribution in [0.2, 0.25) is 0 Å². The fourth-order valence-electron chi connectivity index (χ4n) is 3.58. The van der Waals surface area contributed by atoms with Crippen molar-refractivity contribution >= 4 is 27.7 Å². The third kappa shape index (κ3) is 2.62. The molecule has 1 aromatic carbocycles. The molecule has 3 rings (SSSR count). The predicted octanol–water partition coefficient (Wildman–Crippen LogP) is 2.67. The van der Waals surface area contributed by atoms with Crippen LogP contribution in [-0.2, 0) is 19.2 Å². The van der Waals surface area contributed by atoms with E-state index in [1.54, 1.807) is 12.2 Å². The van der Waals surface area contributed by atoms with Crippen molar-refractivity contribution in [2.24, 2.45) is 0 Å². The Kier molecular flexibility index (Phi) is 4.33. The van der Waals surface area contributed by atoms with Crippen molar-refractivity contribution in [2.45, 2.75) is 38.2 Å². The van der Waals surface area contributed by atoms with Crippen LogP contribution in [0.1, 0.15) is 35.4 Å². The molecule has 1 aromatic rings. The Balaban J connectivity index is 1.96. The van der Waals surface area contributed by atoms with Crippen molar-refractivity contribution in [2.75, 3.05) is 20.2 Å². The van der Waals surface area contributed by atoms with Gasteiger partial charge in [-0.3, -0.25) is 9.59 Å². The number of rotatable bonds is 2. The van der Waals surface area contributed by atoms with E-state index in [0.717, 1.165) is 21.2 Å². The van der Waals surface area contributed by atoms with E-state index in [1.165, 1.54) is 0 Å². The van der Waals surface area contributed by atoms with Gasteiger partial charge in [0.05, 0.1) is 7.11 Å². The average Bonchev–Trinajstić information content (AvgIpc) is 2.77. The Morgan fingerprint density at radius 1 is 1.26 bits per heavy atom. The van der Waals surface area contributed by atoms with Crippen LogP contribution in [0, 0.1) is 13.8 Å². The maximum atomic E-state index is 13.1. The van der Waals surface area contributed by atoms with Gasteiger partial charge in [-0.15, -0.1) is 0 Å². The van der Waals surface area contributed by atoms with E-state index in [2.05, 4.69) is 15.9 Å². The number of carbonyl (C=O) groups is 2. The predicted molar refractivity (Wildman–Crippen MR) is 88.0 cm³/mol. The smallest absolute Gasteiger partial charge is 0.322 e. The zero-order chi connectivity index (χ0) is 16.8. The van der Waals surface area contributed by atoms with Crippen molar-refractivity contribution in [3.63, 3.8) is 0 Å². The van der Waals surface area contributed by atoms with Crippen molar-refractivity contribution in [3.8, 4) is 0 Å². The lowest BCUT2D eigenvalue weighted by Gasteiger charge is -2.35. The summed E-state index contributed by atoms with van der Waals surface area (Å²) in [5.74, 6) is -1.35. The standard InChI is InChI=1S/C17H20BrNO4/c1-10-4-5-12(18)11(2)13(10)14-15(20)17(23-16(14)21)6-8-19(22-3)9-7-17/h4-5,14H,6-9H2,1-3H3. The van der Waals surface area contributed by atoms with Crippen LogP contribution in [0.4, 0.5) is 0 Å². The summed E-state index contributed by atoms with van der Waals surface area (Å²) >= 11 is 3.49. The molecule has 0 radical (unpaired) electrons. The molecule has 23 heavy (non-hydrogen) atoms. The minimum absolute atomic E-state index is 0.109. The molecule has 0 saturated carbocycles. The lowest BCUT2D eigenvalue weighted by atomic mass is 9.80. The van der Waals surface area contributed by atoms with Gasteiger partial charge in [-0.25, -0.2) is 0 Å². The van der Waals surface area contributed by atoms with E-state index in [9.17, 15) is 9.59 Å². The van der Waals surface area contributed by atoms with E-state index < -0.39 is 17.5 Å². The number of Topliss-reactive ketones (excluding diaryl/α,β-unsaturated/α-hetero) is 1. The summed E-state index contributed by atoms with van der Waals surface area (Å²) in [6.07, 6.45) is 0.960. The summed E-state index contributed by atoms with van der Waals surface area (Å²) in [7, 11) is 1.61. The fourth-order valence-corrected chi connectivity index (χ4v) is 3.93. The zero-order valence-corrected chi connectivity index (χ0v) is 15.1. The summed E-state index contributed by atoms with van der Waals surface area (Å²) in [6, 6.07) is 3.86. The number of ether oxygens (including phenoxy) is 1. The number of ketones is 1. The molecule has 6 heteroatoms. The summed E-state index contributed by atoms with van der Waals surface area (Å²) in [4.78, 5) is 30.8. The second kappa shape index (κ2) is 6.00. The van der Waals surface area contributed by atoms with E-state index in [-0.39, 0.29) is 5.78 Å². The van der Waals surface area contributed by atoms with Gasteiger partial charge >= 0.3 is 5.97 Å². The van der Waals surface area contributed by atoms with Crippen LogP contribution in [0.25, 0.3) is 0 Å². The van der Waals surface area contributed by atoms with Crippen LogP contribution in [-0.4, -0.2) is 42.6 Å². The summed E-state index contributed by atoms with van der Waals surface area (Å²) in [5, 5.41) is 1.79. The monoisotopic (exact) mass is 381 g/mol. The molecule has 2 saturated heterocycles. The first-order valence-electron chi connectivity index (χ1n) is 7.71. The van der Waals surface area contributed by atoms with Crippen LogP contribution in [0.3, 0.4) is 0 Å². The van der Waals surface area contributed by atoms with Crippen molar-refractivity contribution < 1.29 is 19.2 Å². The molecule has 0 aliphatic carbocycles. The van der Waals surface area contributed by atoms with Crippen LogP contribution >= 0.6 is 15.9 Å². The Bertz CT molecular complexity index is 665. The van der Waals surface area contributed by atoms with E-state index in [4.69, 9.17) is 9.57 Å². The number of halogens is 1. The number of aryl methyl sites for hydroxylation is 1. The third-order valence-electron chi connectivity index (χ3n) is 4.99. The largest absolute Gasteiger partial charge is 0.450 e. The molecule has 1 atom stereocenters. The Hall–Kier alpha value is -1.24. The van der Waals surface area contributed by atoms with Gasteiger partial charge < -0.3 is 9.57 Å². The molecule has 5 nitrogen and oxygen atoms in total. The van der Waals surface area contributed by atoms with Crippen LogP contribution in [0.15, 0.2) is 16.6 Å². The molecule has 0 bridgehead atoms. The SMILES string of the molecule is CON1CCC2(CC1)OC(=O)C(c1c(C)ccc(Br)c1C)C2=O. The minimum atomic E-state index is -0.988. The third-order valence-corrected chi connectivity index (χ3v) is 5.85. The zero-order valence-electron chi connectivity index (χ0n) is 13.5. The molecule has 0 aromatic heterocycles. The molecular formula is C17H20BrNO4. The van der Waals surface area contributed by atoms with Crippen molar-refractivity contribution in [1.82, 2.24) is 5.06 Å². The van der Waals surface area contributed by atoms with Gasteiger partial charge in [0.1, 0.15) is 5.92 Å². The Morgan fingerprint density at radius 3 is 2.52 bits per heavy atom. The van der Waals surface area contributed by atoms with Gasteiger partial charge in [0.2, 0.25) is 0 Å². The topological polar surface area (TPSA) is 55.8 Å². The maximum absolute atomic E-state index is 13.1. The Morgan fingerprint density at radius 2 is 1.91 bits per heavy atom. The first-order chi connectivity index (χ1) is 10.9. The number of carbonyl (C=O) groups excluding carboxylic acids is 2. The molecule has 2 heterocycles. The molecule has 0 N–H and O–H groups in total. The first-order valence-corrected chi connectivity index (χ1v) is 8.51. The number of nitrogens with zero attached hydrogens (tertiary/aromatic N) is 1. The van der Waals surface area contributed by atoms with Gasteiger partial charge in [0.25, 0.3) is 0 Å². The number of esters is 1. The Labute approximate surface area is 144 Å². The lowest BCUT2D eigenvalue weighted by molar-refractivity contribution is -0.184. The van der Waals surface area contributed by atoms with Crippen molar-refractivity contribution in [1.29, 1.82) is 0 Å². The van der Waals surface area contributed by atoms with E-state index in [0.29, 0.717) is 25.9 Å². The minimum Gasteiger partial charge on any atom is -0.450 e. The molecule has 2 fully saturated rings. The number of hydroxylamine groups is 2. The normalized spacial score (nSPS) is 24.3. The number of benzene rings is 1. The summed E-state index contributed by atoms with van der Waals surface area (Å²) in [6.45, 7) is 5.01. The maximum Gasteiger partial charge on any atom is 0.322 e. The highest BCUT2D eigenvalue weighted by Gasteiger charge is 2.57. The van der Waals surface area contributed by atoms with E-state index >= 15 is 0 Å². The van der Waals surface area contributed by atoms with Gasteiger partial charge in [-0.2, -0.15) is 5.06 Å². The van der Waals surface area contributed by atoms with E-state index in [1.807, 2.05) is 26.0 Å². The summed E-state index contributed by atoms with van der Waals surface area (Å²) < 4.78 is 6.52. The molecular weight excluding hydrogens is 362 g/mol. The number of hydrogen-bond donors (Lipinski definition) is 0.